The van der Waals surface area contributed by atoms with Crippen molar-refractivity contribution in [3.8, 4) is 0 Å². The molecule has 0 saturated carbocycles. The number of hydrogen-bond donors (Lipinski definition) is 4. The summed E-state index contributed by atoms with van der Waals surface area (Å²) in [5.41, 5.74) is 2.52. The molecular formula is C22H26N2O6. The van der Waals surface area contributed by atoms with E-state index in [9.17, 15) is 24.6 Å². The number of amides is 2. The third-order valence-corrected chi connectivity index (χ3v) is 4.43. The first-order valence-electron chi connectivity index (χ1n) is 9.50. The number of carbonyl (C=O) groups excluding carboxylic acids is 2. The number of ether oxygens (including phenoxy) is 1. The summed E-state index contributed by atoms with van der Waals surface area (Å²) in [5.74, 6) is -2.04. The van der Waals surface area contributed by atoms with Crippen LogP contribution in [0.1, 0.15) is 23.6 Å². The second-order valence-corrected chi connectivity index (χ2v) is 7.01. The van der Waals surface area contributed by atoms with Crippen molar-refractivity contribution in [2.24, 2.45) is 0 Å². The van der Waals surface area contributed by atoms with E-state index < -0.39 is 36.2 Å². The van der Waals surface area contributed by atoms with Gasteiger partial charge in [-0.3, -0.25) is 4.79 Å². The molecular weight excluding hydrogens is 388 g/mol. The third-order valence-electron chi connectivity index (χ3n) is 4.43. The number of hydrogen-bond acceptors (Lipinski definition) is 5. The summed E-state index contributed by atoms with van der Waals surface area (Å²) in [6, 6.07) is 13.6. The van der Waals surface area contributed by atoms with Gasteiger partial charge in [-0.1, -0.05) is 60.2 Å². The number of aliphatic hydroxyl groups excluding tert-OH is 1. The van der Waals surface area contributed by atoms with E-state index in [1.165, 1.54) is 6.92 Å². The van der Waals surface area contributed by atoms with Crippen LogP contribution in [0.25, 0.3) is 0 Å². The lowest BCUT2D eigenvalue weighted by molar-refractivity contribution is -0.142. The summed E-state index contributed by atoms with van der Waals surface area (Å²) >= 11 is 0. The molecule has 160 valence electrons. The second-order valence-electron chi connectivity index (χ2n) is 7.01. The summed E-state index contributed by atoms with van der Waals surface area (Å²) in [4.78, 5) is 36.2. The molecule has 2 aromatic carbocycles. The van der Waals surface area contributed by atoms with E-state index in [2.05, 4.69) is 10.6 Å². The van der Waals surface area contributed by atoms with Gasteiger partial charge in [-0.05, 0) is 25.0 Å². The monoisotopic (exact) mass is 414 g/mol. The Kier molecular flexibility index (Phi) is 8.37. The Labute approximate surface area is 174 Å². The molecule has 2 rings (SSSR count). The van der Waals surface area contributed by atoms with Crippen molar-refractivity contribution in [2.75, 3.05) is 0 Å². The maximum Gasteiger partial charge on any atom is 0.408 e. The van der Waals surface area contributed by atoms with Gasteiger partial charge in [0.2, 0.25) is 5.91 Å². The van der Waals surface area contributed by atoms with Crippen LogP contribution in [0.3, 0.4) is 0 Å². The van der Waals surface area contributed by atoms with Crippen molar-refractivity contribution in [3.63, 3.8) is 0 Å². The number of alkyl carbamates (subject to hydrolysis) is 1. The van der Waals surface area contributed by atoms with Gasteiger partial charge >= 0.3 is 12.1 Å². The highest BCUT2D eigenvalue weighted by atomic mass is 16.5. The second kappa shape index (κ2) is 11.0. The molecule has 0 saturated heterocycles. The fraction of sp³-hybridized carbons (Fsp3) is 0.318. The van der Waals surface area contributed by atoms with Crippen LogP contribution < -0.4 is 10.6 Å². The maximum atomic E-state index is 12.5. The molecule has 8 nitrogen and oxygen atoms in total. The maximum absolute atomic E-state index is 12.5. The Balaban J connectivity index is 1.97. The number of aliphatic carboxylic acids is 1. The molecule has 0 aliphatic rings. The number of carboxylic acids is 1. The first kappa shape index (κ1) is 22.9. The lowest BCUT2D eigenvalue weighted by Gasteiger charge is -2.23. The fourth-order valence-corrected chi connectivity index (χ4v) is 2.72. The van der Waals surface area contributed by atoms with E-state index in [0.717, 1.165) is 16.7 Å². The fourth-order valence-electron chi connectivity index (χ4n) is 2.72. The van der Waals surface area contributed by atoms with Crippen LogP contribution >= 0.6 is 0 Å². The number of benzene rings is 2. The zero-order valence-corrected chi connectivity index (χ0v) is 16.9. The molecule has 2 amide bonds. The predicted molar refractivity (Wildman–Crippen MR) is 110 cm³/mol. The number of carbonyl (C=O) groups is 3. The SMILES string of the molecule is Cc1ccc(C[C@H](NC(=O)[C@@H](NC(=O)OCc2ccccc2)[C@@H](C)O)C(=O)O)cc1. The Morgan fingerprint density at radius 3 is 2.17 bits per heavy atom. The predicted octanol–water partition coefficient (Wildman–Crippen LogP) is 1.78. The molecule has 0 bridgehead atoms. The minimum Gasteiger partial charge on any atom is -0.480 e. The van der Waals surface area contributed by atoms with E-state index in [4.69, 9.17) is 4.74 Å². The van der Waals surface area contributed by atoms with Gasteiger partial charge in [0.15, 0.2) is 0 Å². The van der Waals surface area contributed by atoms with Crippen molar-refractivity contribution >= 4 is 18.0 Å². The highest BCUT2D eigenvalue weighted by molar-refractivity contribution is 5.89. The lowest BCUT2D eigenvalue weighted by Crippen LogP contribution is -2.56. The van der Waals surface area contributed by atoms with E-state index in [1.807, 2.05) is 25.1 Å². The van der Waals surface area contributed by atoms with Crippen LogP contribution in [-0.4, -0.2) is 46.4 Å². The zero-order chi connectivity index (χ0) is 22.1. The molecule has 0 aliphatic carbocycles. The number of rotatable bonds is 9. The largest absolute Gasteiger partial charge is 0.480 e. The first-order chi connectivity index (χ1) is 14.3. The Bertz CT molecular complexity index is 852. The Morgan fingerprint density at radius 1 is 0.967 bits per heavy atom. The van der Waals surface area contributed by atoms with Gasteiger partial charge in [-0.2, -0.15) is 0 Å². The van der Waals surface area contributed by atoms with E-state index >= 15 is 0 Å². The van der Waals surface area contributed by atoms with Gasteiger partial charge in [0, 0.05) is 6.42 Å². The minimum atomic E-state index is -1.37. The van der Waals surface area contributed by atoms with Crippen LogP contribution in [0, 0.1) is 6.92 Å². The molecule has 0 spiro atoms. The van der Waals surface area contributed by atoms with E-state index in [1.54, 1.807) is 36.4 Å². The van der Waals surface area contributed by atoms with Gasteiger partial charge in [0.05, 0.1) is 6.10 Å². The van der Waals surface area contributed by atoms with E-state index in [-0.39, 0.29) is 13.0 Å². The standard InChI is InChI=1S/C22H26N2O6/c1-14-8-10-16(11-9-14)12-18(21(27)28)23-20(26)19(15(2)25)24-22(29)30-13-17-6-4-3-5-7-17/h3-11,15,18-19,25H,12-13H2,1-2H3,(H,23,26)(H,24,29)(H,27,28)/t15-,18+,19+/m1/s1. The lowest BCUT2D eigenvalue weighted by atomic mass is 10.0. The molecule has 0 unspecified atom stereocenters. The third kappa shape index (κ3) is 7.21. The van der Waals surface area contributed by atoms with Crippen molar-refractivity contribution in [3.05, 3.63) is 71.3 Å². The molecule has 3 atom stereocenters. The molecule has 2 aromatic rings. The molecule has 0 aromatic heterocycles. The number of nitrogens with one attached hydrogen (secondary N) is 2. The van der Waals surface area contributed by atoms with Gasteiger partial charge in [-0.15, -0.1) is 0 Å². The molecule has 0 radical (unpaired) electrons. The van der Waals surface area contributed by atoms with Gasteiger partial charge in [0.25, 0.3) is 0 Å². The highest BCUT2D eigenvalue weighted by Crippen LogP contribution is 2.08. The molecule has 8 heteroatoms. The summed E-state index contributed by atoms with van der Waals surface area (Å²) in [6.07, 6.45) is -2.10. The summed E-state index contributed by atoms with van der Waals surface area (Å²) in [7, 11) is 0. The minimum absolute atomic E-state index is 0.00794. The van der Waals surface area contributed by atoms with Gasteiger partial charge in [0.1, 0.15) is 18.7 Å². The molecule has 4 N–H and O–H groups in total. The molecule has 30 heavy (non-hydrogen) atoms. The van der Waals surface area contributed by atoms with Crippen LogP contribution in [0.15, 0.2) is 54.6 Å². The van der Waals surface area contributed by atoms with Crippen molar-refractivity contribution in [1.29, 1.82) is 0 Å². The summed E-state index contributed by atoms with van der Waals surface area (Å²) in [5, 5.41) is 24.0. The van der Waals surface area contributed by atoms with E-state index in [0.29, 0.717) is 0 Å². The number of aryl methyl sites for hydroxylation is 1. The van der Waals surface area contributed by atoms with Crippen molar-refractivity contribution in [1.82, 2.24) is 10.6 Å². The highest BCUT2D eigenvalue weighted by Gasteiger charge is 2.30. The van der Waals surface area contributed by atoms with Crippen LogP contribution in [-0.2, 0) is 27.4 Å². The number of carboxylic acid groups (broad SMARTS) is 1. The molecule has 0 aliphatic heterocycles. The summed E-state index contributed by atoms with van der Waals surface area (Å²) in [6.45, 7) is 3.22. The van der Waals surface area contributed by atoms with Crippen molar-refractivity contribution < 1.29 is 29.3 Å². The molecule has 0 fully saturated rings. The Morgan fingerprint density at radius 2 is 1.60 bits per heavy atom. The average molecular weight is 414 g/mol. The first-order valence-corrected chi connectivity index (χ1v) is 9.50. The Hall–Kier alpha value is -3.39. The van der Waals surface area contributed by atoms with Gasteiger partial charge in [-0.25, -0.2) is 9.59 Å². The van der Waals surface area contributed by atoms with Crippen LogP contribution in [0.4, 0.5) is 4.79 Å². The normalized spacial score (nSPS) is 13.6. The smallest absolute Gasteiger partial charge is 0.408 e. The van der Waals surface area contributed by atoms with Crippen molar-refractivity contribution in [2.45, 2.75) is 45.1 Å². The molecule has 0 heterocycles. The zero-order valence-electron chi connectivity index (χ0n) is 16.9. The summed E-state index contributed by atoms with van der Waals surface area (Å²) < 4.78 is 5.06. The number of aliphatic hydroxyl groups is 1. The van der Waals surface area contributed by atoms with Crippen LogP contribution in [0.2, 0.25) is 0 Å². The average Bonchev–Trinajstić information content (AvgIpc) is 2.71. The van der Waals surface area contributed by atoms with Gasteiger partial charge < -0.3 is 25.6 Å². The van der Waals surface area contributed by atoms with Crippen LogP contribution in [0.5, 0.6) is 0 Å². The quantitative estimate of drug-likeness (QED) is 0.496. The topological polar surface area (TPSA) is 125 Å².